The molecular formula is C22H27FN4O. The zero-order valence-electron chi connectivity index (χ0n) is 16.4. The Morgan fingerprint density at radius 1 is 1.11 bits per heavy atom. The lowest BCUT2D eigenvalue weighted by molar-refractivity contribution is 0.134. The molecule has 0 amide bonds. The Labute approximate surface area is 165 Å². The quantitative estimate of drug-likeness (QED) is 0.411. The lowest BCUT2D eigenvalue weighted by atomic mass is 10.1. The van der Waals surface area contributed by atoms with Gasteiger partial charge in [-0.1, -0.05) is 24.3 Å². The second kappa shape index (κ2) is 9.90. The lowest BCUT2D eigenvalue weighted by Gasteiger charge is -2.12. The summed E-state index contributed by atoms with van der Waals surface area (Å²) in [6.45, 7) is 4.75. The van der Waals surface area contributed by atoms with E-state index in [4.69, 9.17) is 4.74 Å². The van der Waals surface area contributed by atoms with E-state index in [1.807, 2.05) is 13.1 Å². The number of halogens is 1. The number of aromatic nitrogens is 1. The molecule has 1 heterocycles. The van der Waals surface area contributed by atoms with Gasteiger partial charge < -0.3 is 20.4 Å². The van der Waals surface area contributed by atoms with E-state index in [1.165, 1.54) is 17.2 Å². The van der Waals surface area contributed by atoms with Crippen LogP contribution in [-0.2, 0) is 24.3 Å². The summed E-state index contributed by atoms with van der Waals surface area (Å²) in [6.07, 6.45) is 2.71. The SMILES string of the molecule is CCOCc1ccc(CNC(=NC)NCCc2c[nH]c3ccc(F)cc23)cc1. The molecule has 0 atom stereocenters. The fraction of sp³-hybridized carbons (Fsp3) is 0.318. The number of rotatable bonds is 8. The first kappa shape index (κ1) is 19.9. The Morgan fingerprint density at radius 2 is 1.89 bits per heavy atom. The highest BCUT2D eigenvalue weighted by molar-refractivity contribution is 5.83. The van der Waals surface area contributed by atoms with Crippen LogP contribution < -0.4 is 10.6 Å². The van der Waals surface area contributed by atoms with E-state index in [-0.39, 0.29) is 5.82 Å². The monoisotopic (exact) mass is 382 g/mol. The zero-order chi connectivity index (χ0) is 19.8. The number of aromatic amines is 1. The van der Waals surface area contributed by atoms with Gasteiger partial charge in [0.1, 0.15) is 5.82 Å². The molecule has 3 rings (SSSR count). The number of fused-ring (bicyclic) bond motifs is 1. The lowest BCUT2D eigenvalue weighted by Crippen LogP contribution is -2.37. The Balaban J connectivity index is 1.47. The molecule has 0 aliphatic heterocycles. The van der Waals surface area contributed by atoms with Crippen LogP contribution in [-0.4, -0.2) is 31.1 Å². The van der Waals surface area contributed by atoms with Gasteiger partial charge >= 0.3 is 0 Å². The second-order valence-electron chi connectivity index (χ2n) is 6.56. The third-order valence-corrected chi connectivity index (χ3v) is 4.60. The van der Waals surface area contributed by atoms with Gasteiger partial charge in [-0.2, -0.15) is 0 Å². The molecule has 0 spiro atoms. The highest BCUT2D eigenvalue weighted by Gasteiger charge is 2.05. The molecule has 2 aromatic carbocycles. The van der Waals surface area contributed by atoms with Crippen molar-refractivity contribution in [3.63, 3.8) is 0 Å². The second-order valence-corrected chi connectivity index (χ2v) is 6.56. The van der Waals surface area contributed by atoms with Gasteiger partial charge in [-0.25, -0.2) is 4.39 Å². The fourth-order valence-electron chi connectivity index (χ4n) is 3.05. The van der Waals surface area contributed by atoms with Crippen LogP contribution in [0.15, 0.2) is 53.7 Å². The minimum atomic E-state index is -0.217. The van der Waals surface area contributed by atoms with Gasteiger partial charge in [-0.3, -0.25) is 4.99 Å². The summed E-state index contributed by atoms with van der Waals surface area (Å²) in [4.78, 5) is 7.45. The van der Waals surface area contributed by atoms with Crippen molar-refractivity contribution in [3.05, 3.63) is 71.2 Å². The minimum absolute atomic E-state index is 0.217. The van der Waals surface area contributed by atoms with Gasteiger partial charge in [0.2, 0.25) is 0 Å². The molecule has 0 radical (unpaired) electrons. The molecule has 0 saturated carbocycles. The number of benzene rings is 2. The van der Waals surface area contributed by atoms with Crippen LogP contribution in [0.4, 0.5) is 4.39 Å². The van der Waals surface area contributed by atoms with Gasteiger partial charge in [-0.15, -0.1) is 0 Å². The van der Waals surface area contributed by atoms with Crippen LogP contribution in [0.25, 0.3) is 10.9 Å². The largest absolute Gasteiger partial charge is 0.377 e. The average molecular weight is 382 g/mol. The van der Waals surface area contributed by atoms with Crippen molar-refractivity contribution in [3.8, 4) is 0 Å². The van der Waals surface area contributed by atoms with E-state index in [9.17, 15) is 4.39 Å². The van der Waals surface area contributed by atoms with E-state index in [0.717, 1.165) is 35.5 Å². The van der Waals surface area contributed by atoms with Crippen molar-refractivity contribution >= 4 is 16.9 Å². The maximum atomic E-state index is 13.5. The summed E-state index contributed by atoms with van der Waals surface area (Å²) >= 11 is 0. The predicted molar refractivity (Wildman–Crippen MR) is 112 cm³/mol. The van der Waals surface area contributed by atoms with E-state index in [1.54, 1.807) is 19.2 Å². The topological polar surface area (TPSA) is 61.4 Å². The number of hydrogen-bond acceptors (Lipinski definition) is 2. The molecule has 3 N–H and O–H groups in total. The molecule has 28 heavy (non-hydrogen) atoms. The molecule has 0 unspecified atom stereocenters. The number of H-pyrrole nitrogens is 1. The summed E-state index contributed by atoms with van der Waals surface area (Å²) in [5.74, 6) is 0.524. The molecule has 1 aromatic heterocycles. The molecule has 5 nitrogen and oxygen atoms in total. The van der Waals surface area contributed by atoms with Crippen LogP contribution in [0.5, 0.6) is 0 Å². The van der Waals surface area contributed by atoms with Gasteiger partial charge in [0.05, 0.1) is 6.61 Å². The van der Waals surface area contributed by atoms with Gasteiger partial charge in [0.25, 0.3) is 0 Å². The van der Waals surface area contributed by atoms with Gasteiger partial charge in [0, 0.05) is 43.8 Å². The average Bonchev–Trinajstić information content (AvgIpc) is 3.11. The summed E-state index contributed by atoms with van der Waals surface area (Å²) in [7, 11) is 1.75. The molecule has 0 bridgehead atoms. The van der Waals surface area contributed by atoms with Crippen LogP contribution >= 0.6 is 0 Å². The number of guanidine groups is 1. The van der Waals surface area contributed by atoms with Crippen molar-refractivity contribution in [1.29, 1.82) is 0 Å². The molecule has 148 valence electrons. The standard InChI is InChI=1S/C22H27FN4O/c1-3-28-15-17-6-4-16(5-7-17)13-27-22(24-2)25-11-10-18-14-26-21-9-8-19(23)12-20(18)21/h4-9,12,14,26H,3,10-11,13,15H2,1-2H3,(H2,24,25,27). The van der Waals surface area contributed by atoms with E-state index in [2.05, 4.69) is 44.9 Å². The smallest absolute Gasteiger partial charge is 0.191 e. The zero-order valence-corrected chi connectivity index (χ0v) is 16.4. The van der Waals surface area contributed by atoms with Crippen LogP contribution in [0.3, 0.4) is 0 Å². The Morgan fingerprint density at radius 3 is 2.64 bits per heavy atom. The van der Waals surface area contributed by atoms with Gasteiger partial charge in [0.15, 0.2) is 5.96 Å². The third-order valence-electron chi connectivity index (χ3n) is 4.60. The fourth-order valence-corrected chi connectivity index (χ4v) is 3.05. The summed E-state index contributed by atoms with van der Waals surface area (Å²) in [5.41, 5.74) is 4.38. The maximum absolute atomic E-state index is 13.5. The highest BCUT2D eigenvalue weighted by atomic mass is 19.1. The van der Waals surface area contributed by atoms with E-state index in [0.29, 0.717) is 19.7 Å². The molecule has 0 fully saturated rings. The third kappa shape index (κ3) is 5.33. The highest BCUT2D eigenvalue weighted by Crippen LogP contribution is 2.19. The number of nitrogens with zero attached hydrogens (tertiary/aromatic N) is 1. The summed E-state index contributed by atoms with van der Waals surface area (Å²) in [5, 5.41) is 7.55. The number of ether oxygens (including phenoxy) is 1. The Hall–Kier alpha value is -2.86. The van der Waals surface area contributed by atoms with Gasteiger partial charge in [-0.05, 0) is 48.2 Å². The van der Waals surface area contributed by atoms with E-state index >= 15 is 0 Å². The molecule has 3 aromatic rings. The van der Waals surface area contributed by atoms with Crippen LogP contribution in [0.1, 0.15) is 23.6 Å². The maximum Gasteiger partial charge on any atom is 0.191 e. The Bertz CT molecular complexity index is 918. The van der Waals surface area contributed by atoms with Crippen molar-refractivity contribution in [2.75, 3.05) is 20.2 Å². The van der Waals surface area contributed by atoms with Crippen LogP contribution in [0, 0.1) is 5.82 Å². The molecule has 0 aliphatic rings. The van der Waals surface area contributed by atoms with Crippen molar-refractivity contribution in [2.45, 2.75) is 26.5 Å². The van der Waals surface area contributed by atoms with Crippen LogP contribution in [0.2, 0.25) is 0 Å². The molecule has 0 saturated heterocycles. The Kier molecular flexibility index (Phi) is 7.03. The number of hydrogen-bond donors (Lipinski definition) is 3. The first-order valence-electron chi connectivity index (χ1n) is 9.55. The van der Waals surface area contributed by atoms with Crippen molar-refractivity contribution in [2.24, 2.45) is 4.99 Å². The number of nitrogens with one attached hydrogen (secondary N) is 3. The predicted octanol–water partition coefficient (Wildman–Crippen LogP) is 3.75. The van der Waals surface area contributed by atoms with Crippen molar-refractivity contribution < 1.29 is 9.13 Å². The summed E-state index contributed by atoms with van der Waals surface area (Å²) < 4.78 is 18.9. The van der Waals surface area contributed by atoms with E-state index < -0.39 is 0 Å². The minimum Gasteiger partial charge on any atom is -0.377 e. The molecular weight excluding hydrogens is 355 g/mol. The van der Waals surface area contributed by atoms with Crippen molar-refractivity contribution in [1.82, 2.24) is 15.6 Å². The number of aliphatic imine (C=N–C) groups is 1. The first-order valence-corrected chi connectivity index (χ1v) is 9.55. The molecule has 0 aliphatic carbocycles. The normalized spacial score (nSPS) is 11.8. The first-order chi connectivity index (χ1) is 13.7. The molecule has 6 heteroatoms. The summed E-state index contributed by atoms with van der Waals surface area (Å²) in [6, 6.07) is 13.2.